The summed E-state index contributed by atoms with van der Waals surface area (Å²) in [6.45, 7) is 1.51. The van der Waals surface area contributed by atoms with Gasteiger partial charge in [0.1, 0.15) is 40.6 Å². The van der Waals surface area contributed by atoms with Crippen LogP contribution in [0.5, 0.6) is 17.2 Å². The fraction of sp³-hybridized carbons (Fsp3) is 0.185. The molecule has 0 saturated carbocycles. The first-order valence-corrected chi connectivity index (χ1v) is 13.5. The molecule has 44 heavy (non-hydrogen) atoms. The zero-order chi connectivity index (χ0) is 32.0. The number of rotatable bonds is 7. The van der Waals surface area contributed by atoms with Crippen molar-refractivity contribution in [1.29, 1.82) is 0 Å². The molecule has 0 aliphatic carbocycles. The molecule has 1 saturated heterocycles. The summed E-state index contributed by atoms with van der Waals surface area (Å²) >= 11 is 1.01. The Morgan fingerprint density at radius 2 is 1.73 bits per heavy atom. The number of primary amides is 1. The molecule has 5 rings (SSSR count). The average Bonchev–Trinajstić information content (AvgIpc) is 2.96. The van der Waals surface area contributed by atoms with Gasteiger partial charge in [0.05, 0.1) is 10.6 Å². The van der Waals surface area contributed by atoms with Crippen LogP contribution in [-0.4, -0.2) is 71.8 Å². The Morgan fingerprint density at radius 1 is 1.07 bits per heavy atom. The lowest BCUT2D eigenvalue weighted by Crippen LogP contribution is -2.71. The van der Waals surface area contributed by atoms with E-state index < -0.39 is 80.7 Å². The summed E-state index contributed by atoms with van der Waals surface area (Å²) in [6.07, 6.45) is -0.466. The molecule has 17 heteroatoms. The van der Waals surface area contributed by atoms with Gasteiger partial charge in [-0.25, -0.2) is 9.59 Å². The van der Waals surface area contributed by atoms with E-state index in [1.165, 1.54) is 31.2 Å². The summed E-state index contributed by atoms with van der Waals surface area (Å²) < 4.78 is 10.1. The highest BCUT2D eigenvalue weighted by atomic mass is 32.2. The Labute approximate surface area is 249 Å². The lowest BCUT2D eigenvalue weighted by atomic mass is 10.0. The molecule has 228 valence electrons. The van der Waals surface area contributed by atoms with E-state index in [-0.39, 0.29) is 28.0 Å². The molecule has 0 radical (unpaired) electrons. The highest BCUT2D eigenvalue weighted by Gasteiger charge is 2.57. The summed E-state index contributed by atoms with van der Waals surface area (Å²) in [5.74, 6) is -6.10. The van der Waals surface area contributed by atoms with Gasteiger partial charge in [-0.3, -0.25) is 24.1 Å². The molecule has 8 N–H and O–H groups in total. The molecule has 1 fully saturated rings. The van der Waals surface area contributed by atoms with Gasteiger partial charge in [0.15, 0.2) is 23.0 Å². The molecule has 2 aromatic carbocycles. The van der Waals surface area contributed by atoms with E-state index in [4.69, 9.17) is 14.9 Å². The highest BCUT2D eigenvalue weighted by molar-refractivity contribution is 8.00. The lowest BCUT2D eigenvalue weighted by Gasteiger charge is -2.50. The monoisotopic (exact) mass is 626 g/mol. The summed E-state index contributed by atoms with van der Waals surface area (Å²) in [5.41, 5.74) is 3.01. The highest BCUT2D eigenvalue weighted by Crippen LogP contribution is 2.44. The Morgan fingerprint density at radius 3 is 2.36 bits per heavy atom. The number of ether oxygens (including phenoxy) is 1. The number of carbonyl (C=O) groups is 5. The number of aliphatic carboxylic acids is 1. The molecule has 3 aromatic rings. The number of carboxylic acids is 1. The topological polar surface area (TPSA) is 259 Å². The number of carbonyl (C=O) groups excluding carboxylic acids is 4. The number of fused-ring (bicyclic) bond motifs is 2. The molecule has 2 aliphatic rings. The molecule has 1 aromatic heterocycles. The average molecular weight is 627 g/mol. The third-order valence-corrected chi connectivity index (χ3v) is 8.20. The normalized spacial score (nSPS) is 19.9. The van der Waals surface area contributed by atoms with Crippen molar-refractivity contribution in [2.75, 3.05) is 0 Å². The maximum Gasteiger partial charge on any atom is 0.409 e. The predicted octanol–water partition coefficient (Wildman–Crippen LogP) is 0.561. The Bertz CT molecular complexity index is 1840. The maximum absolute atomic E-state index is 13.6. The van der Waals surface area contributed by atoms with Crippen molar-refractivity contribution < 1.29 is 53.6 Å². The van der Waals surface area contributed by atoms with Crippen LogP contribution >= 0.6 is 11.8 Å². The van der Waals surface area contributed by atoms with Crippen LogP contribution in [0.1, 0.15) is 28.9 Å². The van der Waals surface area contributed by atoms with E-state index in [0.717, 1.165) is 35.1 Å². The maximum atomic E-state index is 13.6. The summed E-state index contributed by atoms with van der Waals surface area (Å²) in [4.78, 5) is 77.0. The zero-order valence-electron chi connectivity index (χ0n) is 22.3. The lowest BCUT2D eigenvalue weighted by molar-refractivity contribution is -0.151. The molecular weight excluding hydrogens is 604 g/mol. The number of phenols is 3. The number of hydrogen-bond donors (Lipinski definition) is 7. The molecule has 1 unspecified atom stereocenters. The van der Waals surface area contributed by atoms with Gasteiger partial charge < -0.3 is 45.9 Å². The Hall–Kier alpha value is -5.71. The van der Waals surface area contributed by atoms with Crippen molar-refractivity contribution in [1.82, 2.24) is 15.5 Å². The van der Waals surface area contributed by atoms with Crippen LogP contribution in [0.15, 0.2) is 63.3 Å². The van der Waals surface area contributed by atoms with E-state index in [2.05, 4.69) is 10.6 Å². The van der Waals surface area contributed by atoms with Crippen LogP contribution in [0.2, 0.25) is 0 Å². The fourth-order valence-corrected chi connectivity index (χ4v) is 6.10. The van der Waals surface area contributed by atoms with Gasteiger partial charge in [0.25, 0.3) is 11.8 Å². The smallest absolute Gasteiger partial charge is 0.409 e. The van der Waals surface area contributed by atoms with E-state index in [1.54, 1.807) is 0 Å². The van der Waals surface area contributed by atoms with Crippen LogP contribution in [0.3, 0.4) is 0 Å². The number of amides is 4. The Kier molecular flexibility index (Phi) is 7.56. The van der Waals surface area contributed by atoms with E-state index in [9.17, 15) is 49.2 Å². The number of benzene rings is 2. The second-order valence-corrected chi connectivity index (χ2v) is 11.1. The van der Waals surface area contributed by atoms with Gasteiger partial charge in [0, 0.05) is 6.07 Å². The van der Waals surface area contributed by atoms with Crippen molar-refractivity contribution in [3.63, 3.8) is 0 Å². The first kappa shape index (κ1) is 29.8. The second-order valence-electron chi connectivity index (χ2n) is 9.62. The molecule has 4 amide bonds. The fourth-order valence-electron chi connectivity index (χ4n) is 4.73. The number of nitrogens with zero attached hydrogens (tertiary/aromatic N) is 1. The first-order chi connectivity index (χ1) is 20.8. The van der Waals surface area contributed by atoms with Crippen molar-refractivity contribution in [2.24, 2.45) is 5.73 Å². The number of β-lactam (4-membered cyclic amide) rings is 1. The number of hydrogen-bond acceptors (Lipinski definition) is 12. The quantitative estimate of drug-likeness (QED) is 0.140. The van der Waals surface area contributed by atoms with Crippen molar-refractivity contribution >= 4 is 52.5 Å². The minimum Gasteiger partial charge on any atom is -0.508 e. The molecular formula is C27H22N4O12S. The third kappa shape index (κ3) is 5.19. The van der Waals surface area contributed by atoms with Crippen molar-refractivity contribution in [3.05, 3.63) is 75.5 Å². The second kappa shape index (κ2) is 11.2. The van der Waals surface area contributed by atoms with E-state index in [0.29, 0.717) is 0 Å². The van der Waals surface area contributed by atoms with Gasteiger partial charge in [-0.1, -0.05) is 12.1 Å². The summed E-state index contributed by atoms with van der Waals surface area (Å²) in [5, 5.41) is 41.9. The molecule has 3 heterocycles. The number of phenolic OH excluding ortho intramolecular Hbond substituents is 3. The SMILES string of the molecule is CC1S[C@@H]2[C@H](NC(=O)[C@H](NC(=O)c3coc4cc(O)c(O)cc4c3=O)c3ccc(O)cc3)C(=O)N2C(C(=O)O)=C1OC(N)=O. The minimum atomic E-state index is -1.57. The van der Waals surface area contributed by atoms with Gasteiger partial charge >= 0.3 is 12.1 Å². The standard InChI is InChI=1S/C27H22N4O12S/c1-9-21(43-27(28)41)19(26(39)40)31-24(38)18(25(31)44-9)30-23(37)17(10-2-4-11(32)5-3-10)29-22(36)13-8-42-16-7-15(34)14(33)6-12(16)20(13)35/h2-9,17-18,25,32-34H,1H3,(H2,28,41)(H,29,36)(H,30,37)(H,39,40)/t9?,17-,18-,25-/m1/s1. The molecule has 16 nitrogen and oxygen atoms in total. The van der Waals surface area contributed by atoms with Crippen LogP contribution in [0.4, 0.5) is 4.79 Å². The summed E-state index contributed by atoms with van der Waals surface area (Å²) in [7, 11) is 0. The third-order valence-electron chi connectivity index (χ3n) is 6.82. The molecule has 4 atom stereocenters. The number of aromatic hydroxyl groups is 3. The largest absolute Gasteiger partial charge is 0.508 e. The van der Waals surface area contributed by atoms with E-state index in [1.807, 2.05) is 0 Å². The number of nitrogens with two attached hydrogens (primary N) is 1. The van der Waals surface area contributed by atoms with Crippen LogP contribution in [0, 0.1) is 0 Å². The van der Waals surface area contributed by atoms with Gasteiger partial charge in [-0.2, -0.15) is 0 Å². The number of carboxylic acid groups (broad SMARTS) is 1. The van der Waals surface area contributed by atoms with Crippen LogP contribution in [-0.2, 0) is 19.1 Å². The molecule has 2 aliphatic heterocycles. The van der Waals surface area contributed by atoms with Gasteiger partial charge in [0.2, 0.25) is 11.3 Å². The number of nitrogens with one attached hydrogen (secondary N) is 2. The van der Waals surface area contributed by atoms with Gasteiger partial charge in [-0.05, 0) is 30.7 Å². The first-order valence-electron chi connectivity index (χ1n) is 12.6. The van der Waals surface area contributed by atoms with E-state index >= 15 is 0 Å². The van der Waals surface area contributed by atoms with Crippen molar-refractivity contribution in [3.8, 4) is 17.2 Å². The zero-order valence-corrected chi connectivity index (χ0v) is 23.2. The van der Waals surface area contributed by atoms with Crippen LogP contribution in [0.25, 0.3) is 11.0 Å². The molecule has 0 spiro atoms. The van der Waals surface area contributed by atoms with Crippen LogP contribution < -0.4 is 21.8 Å². The summed E-state index contributed by atoms with van der Waals surface area (Å²) in [6, 6.07) is 4.19. The predicted molar refractivity (Wildman–Crippen MR) is 149 cm³/mol. The minimum absolute atomic E-state index is 0.124. The Balaban J connectivity index is 1.43. The van der Waals surface area contributed by atoms with Crippen molar-refractivity contribution in [2.45, 2.75) is 29.6 Å². The number of thioether (sulfide) groups is 1. The van der Waals surface area contributed by atoms with Gasteiger partial charge in [-0.15, -0.1) is 11.8 Å². The molecule has 0 bridgehead atoms.